The predicted molar refractivity (Wildman–Crippen MR) is 72.4 cm³/mol. The Kier molecular flexibility index (Phi) is 5.10. The van der Waals surface area contributed by atoms with E-state index in [-0.39, 0.29) is 5.82 Å². The fraction of sp³-hybridized carbons (Fsp3) is 0.333. The molecule has 1 heterocycles. The molecule has 2 rings (SSSR count). The molecule has 1 aromatic heterocycles. The molecule has 18 heavy (non-hydrogen) atoms. The van der Waals surface area contributed by atoms with Gasteiger partial charge in [-0.1, -0.05) is 30.0 Å². The summed E-state index contributed by atoms with van der Waals surface area (Å²) in [4.78, 5) is 0.861. The highest BCUT2D eigenvalue weighted by Gasteiger charge is 2.05. The van der Waals surface area contributed by atoms with Gasteiger partial charge in [-0.2, -0.15) is 0 Å². The van der Waals surface area contributed by atoms with E-state index in [1.54, 1.807) is 11.6 Å². The maximum Gasteiger partial charge on any atom is 0.178 e. The highest BCUT2D eigenvalue weighted by atomic mass is 32.2. The highest BCUT2D eigenvalue weighted by Crippen LogP contribution is 2.29. The molecule has 0 spiro atoms. The molecule has 0 saturated heterocycles. The molecule has 96 valence electrons. The SMILES string of the molecule is CCCNCc1cc(F)cc(Sc2nncs2)c1. The van der Waals surface area contributed by atoms with Gasteiger partial charge in [-0.15, -0.1) is 10.2 Å². The van der Waals surface area contributed by atoms with Crippen LogP contribution in [-0.4, -0.2) is 16.7 Å². The van der Waals surface area contributed by atoms with Gasteiger partial charge in [-0.05, 0) is 36.7 Å². The van der Waals surface area contributed by atoms with Crippen molar-refractivity contribution in [1.82, 2.24) is 15.5 Å². The van der Waals surface area contributed by atoms with Crippen LogP contribution in [0.4, 0.5) is 4.39 Å². The molecule has 0 amide bonds. The predicted octanol–water partition coefficient (Wildman–Crippen LogP) is 3.33. The van der Waals surface area contributed by atoms with Crippen LogP contribution in [0.3, 0.4) is 0 Å². The summed E-state index contributed by atoms with van der Waals surface area (Å²) in [6.07, 6.45) is 1.07. The van der Waals surface area contributed by atoms with Crippen LogP contribution in [0.1, 0.15) is 18.9 Å². The van der Waals surface area contributed by atoms with E-state index >= 15 is 0 Å². The van der Waals surface area contributed by atoms with Gasteiger partial charge >= 0.3 is 0 Å². The monoisotopic (exact) mass is 283 g/mol. The van der Waals surface area contributed by atoms with Gasteiger partial charge < -0.3 is 5.32 Å². The fourth-order valence-electron chi connectivity index (χ4n) is 1.50. The first-order valence-electron chi connectivity index (χ1n) is 5.72. The molecule has 0 aliphatic heterocycles. The second-order valence-corrected chi connectivity index (χ2v) is 5.93. The maximum atomic E-state index is 13.5. The number of rotatable bonds is 6. The largest absolute Gasteiger partial charge is 0.313 e. The van der Waals surface area contributed by atoms with Crippen LogP contribution in [0, 0.1) is 5.82 Å². The quantitative estimate of drug-likeness (QED) is 0.825. The molecule has 0 fully saturated rings. The number of hydrogen-bond donors (Lipinski definition) is 1. The summed E-state index contributed by atoms with van der Waals surface area (Å²) < 4.78 is 14.3. The van der Waals surface area contributed by atoms with Crippen molar-refractivity contribution in [1.29, 1.82) is 0 Å². The van der Waals surface area contributed by atoms with E-state index in [1.165, 1.54) is 29.2 Å². The van der Waals surface area contributed by atoms with Crippen LogP contribution in [-0.2, 0) is 6.54 Å². The number of aromatic nitrogens is 2. The lowest BCUT2D eigenvalue weighted by molar-refractivity contribution is 0.615. The number of hydrogen-bond acceptors (Lipinski definition) is 5. The molecule has 0 bridgehead atoms. The number of nitrogens with zero attached hydrogens (tertiary/aromatic N) is 2. The van der Waals surface area contributed by atoms with Crippen molar-refractivity contribution in [3.63, 3.8) is 0 Å². The zero-order chi connectivity index (χ0) is 12.8. The van der Waals surface area contributed by atoms with Gasteiger partial charge in [0, 0.05) is 11.4 Å². The molecule has 3 nitrogen and oxygen atoms in total. The van der Waals surface area contributed by atoms with Crippen molar-refractivity contribution in [2.45, 2.75) is 29.1 Å². The van der Waals surface area contributed by atoms with E-state index in [4.69, 9.17) is 0 Å². The average molecular weight is 283 g/mol. The van der Waals surface area contributed by atoms with Gasteiger partial charge in [0.1, 0.15) is 11.3 Å². The van der Waals surface area contributed by atoms with Crippen molar-refractivity contribution >= 4 is 23.1 Å². The van der Waals surface area contributed by atoms with Gasteiger partial charge in [0.25, 0.3) is 0 Å². The Labute approximate surface area is 114 Å². The first-order valence-corrected chi connectivity index (χ1v) is 7.41. The Morgan fingerprint density at radius 1 is 1.39 bits per heavy atom. The third-order valence-corrected chi connectivity index (χ3v) is 3.98. The smallest absolute Gasteiger partial charge is 0.178 e. The van der Waals surface area contributed by atoms with Gasteiger partial charge in [0.15, 0.2) is 4.34 Å². The molecule has 0 saturated carbocycles. The number of benzene rings is 1. The van der Waals surface area contributed by atoms with E-state index in [0.29, 0.717) is 6.54 Å². The van der Waals surface area contributed by atoms with Crippen LogP contribution < -0.4 is 5.32 Å². The summed E-state index contributed by atoms with van der Waals surface area (Å²) in [5.74, 6) is -0.210. The molecule has 0 aliphatic rings. The summed E-state index contributed by atoms with van der Waals surface area (Å²) in [5.41, 5.74) is 2.63. The third-order valence-electron chi connectivity index (χ3n) is 2.23. The lowest BCUT2D eigenvalue weighted by atomic mass is 10.2. The summed E-state index contributed by atoms with van der Waals surface area (Å²) >= 11 is 2.89. The molecule has 1 N–H and O–H groups in total. The zero-order valence-corrected chi connectivity index (χ0v) is 11.7. The number of nitrogens with one attached hydrogen (secondary N) is 1. The van der Waals surface area contributed by atoms with Gasteiger partial charge in [-0.3, -0.25) is 0 Å². The summed E-state index contributed by atoms with van der Waals surface area (Å²) in [6.45, 7) is 3.74. The molecule has 2 aromatic rings. The zero-order valence-electron chi connectivity index (χ0n) is 10.0. The molecule has 0 atom stereocenters. The minimum atomic E-state index is -0.210. The van der Waals surface area contributed by atoms with Crippen molar-refractivity contribution in [3.8, 4) is 0 Å². The first-order chi connectivity index (χ1) is 8.78. The van der Waals surface area contributed by atoms with E-state index in [0.717, 1.165) is 27.8 Å². The second kappa shape index (κ2) is 6.82. The van der Waals surface area contributed by atoms with Gasteiger partial charge in [0.05, 0.1) is 0 Å². The van der Waals surface area contributed by atoms with Crippen LogP contribution >= 0.6 is 23.1 Å². The fourth-order valence-corrected chi connectivity index (χ4v) is 3.06. The Morgan fingerprint density at radius 2 is 2.28 bits per heavy atom. The molecule has 6 heteroatoms. The Balaban J connectivity index is 2.06. The Hall–Kier alpha value is -0.980. The Bertz CT molecular complexity index is 488. The standard InChI is InChI=1S/C12H14FN3S2/c1-2-3-14-7-9-4-10(13)6-11(5-9)18-12-16-15-8-17-12/h4-6,8,14H,2-3,7H2,1H3. The lowest BCUT2D eigenvalue weighted by Crippen LogP contribution is -2.13. The second-order valence-electron chi connectivity index (χ2n) is 3.78. The van der Waals surface area contributed by atoms with E-state index in [2.05, 4.69) is 22.4 Å². The van der Waals surface area contributed by atoms with E-state index in [9.17, 15) is 4.39 Å². The normalized spacial score (nSPS) is 10.8. The van der Waals surface area contributed by atoms with E-state index < -0.39 is 0 Å². The van der Waals surface area contributed by atoms with Crippen molar-refractivity contribution in [2.24, 2.45) is 0 Å². The maximum absolute atomic E-state index is 13.5. The van der Waals surface area contributed by atoms with Crippen LogP contribution in [0.25, 0.3) is 0 Å². The summed E-state index contributed by atoms with van der Waals surface area (Å²) in [6, 6.07) is 5.07. The van der Waals surface area contributed by atoms with Crippen LogP contribution in [0.5, 0.6) is 0 Å². The average Bonchev–Trinajstić information content (AvgIpc) is 2.81. The van der Waals surface area contributed by atoms with Crippen LogP contribution in [0.15, 0.2) is 32.9 Å². The minimum Gasteiger partial charge on any atom is -0.313 e. The molecule has 0 aliphatic carbocycles. The first kappa shape index (κ1) is 13.5. The lowest BCUT2D eigenvalue weighted by Gasteiger charge is -2.06. The topological polar surface area (TPSA) is 37.8 Å². The van der Waals surface area contributed by atoms with Crippen LogP contribution in [0.2, 0.25) is 0 Å². The minimum absolute atomic E-state index is 0.210. The van der Waals surface area contributed by atoms with Crippen molar-refractivity contribution < 1.29 is 4.39 Å². The summed E-state index contributed by atoms with van der Waals surface area (Å²) in [7, 11) is 0. The van der Waals surface area contributed by atoms with Gasteiger partial charge in [0.2, 0.25) is 0 Å². The third kappa shape index (κ3) is 4.04. The van der Waals surface area contributed by atoms with Gasteiger partial charge in [-0.25, -0.2) is 4.39 Å². The highest BCUT2D eigenvalue weighted by molar-refractivity contribution is 8.01. The molecular formula is C12H14FN3S2. The molecule has 1 aromatic carbocycles. The summed E-state index contributed by atoms with van der Waals surface area (Å²) in [5, 5.41) is 11.0. The van der Waals surface area contributed by atoms with E-state index in [1.807, 2.05) is 6.07 Å². The van der Waals surface area contributed by atoms with Crippen molar-refractivity contribution in [3.05, 3.63) is 35.1 Å². The Morgan fingerprint density at radius 3 is 3.00 bits per heavy atom. The molecule has 0 unspecified atom stereocenters. The molecule has 0 radical (unpaired) electrons. The van der Waals surface area contributed by atoms with Crippen molar-refractivity contribution in [2.75, 3.05) is 6.54 Å². The number of halogens is 1. The molecular weight excluding hydrogens is 269 g/mol.